The highest BCUT2D eigenvalue weighted by molar-refractivity contribution is 5.93. The molecular formula is C12H18N4O. The number of nitrogens with two attached hydrogens (primary N) is 1. The van der Waals surface area contributed by atoms with Gasteiger partial charge in [0.15, 0.2) is 0 Å². The van der Waals surface area contributed by atoms with Gasteiger partial charge in [-0.3, -0.25) is 4.79 Å². The van der Waals surface area contributed by atoms with Crippen LogP contribution in [0.5, 0.6) is 0 Å². The van der Waals surface area contributed by atoms with Gasteiger partial charge >= 0.3 is 0 Å². The number of anilines is 1. The fraction of sp³-hybridized carbons (Fsp3) is 0.500. The van der Waals surface area contributed by atoms with Gasteiger partial charge in [-0.05, 0) is 18.6 Å². The zero-order valence-electron chi connectivity index (χ0n) is 10.0. The molecular weight excluding hydrogens is 216 g/mol. The van der Waals surface area contributed by atoms with Crippen LogP contribution in [0, 0.1) is 0 Å². The summed E-state index contributed by atoms with van der Waals surface area (Å²) in [6.45, 7) is 5.03. The third kappa shape index (κ3) is 2.55. The molecule has 0 aromatic carbocycles. The average Bonchev–Trinajstić information content (AvgIpc) is 2.26. The van der Waals surface area contributed by atoms with Crippen LogP contribution in [-0.4, -0.2) is 36.6 Å². The molecule has 0 bridgehead atoms. The summed E-state index contributed by atoms with van der Waals surface area (Å²) in [7, 11) is 0. The predicted octanol–water partition coefficient (Wildman–Crippen LogP) is 0.369. The van der Waals surface area contributed by atoms with Gasteiger partial charge in [-0.15, -0.1) is 0 Å². The SMILES string of the molecule is CCCN(c1cc(C(N)=O)ccn1)C1CNC1. The van der Waals surface area contributed by atoms with Crippen molar-refractivity contribution < 1.29 is 4.79 Å². The van der Waals surface area contributed by atoms with E-state index in [-0.39, 0.29) is 0 Å². The Labute approximate surface area is 101 Å². The van der Waals surface area contributed by atoms with Crippen molar-refractivity contribution in [3.05, 3.63) is 23.9 Å². The summed E-state index contributed by atoms with van der Waals surface area (Å²) in [6, 6.07) is 3.90. The molecule has 2 rings (SSSR count). The van der Waals surface area contributed by atoms with Crippen molar-refractivity contribution >= 4 is 11.7 Å². The average molecular weight is 234 g/mol. The summed E-state index contributed by atoms with van der Waals surface area (Å²) in [6.07, 6.45) is 2.70. The fourth-order valence-electron chi connectivity index (χ4n) is 1.95. The molecule has 17 heavy (non-hydrogen) atoms. The van der Waals surface area contributed by atoms with Crippen molar-refractivity contribution in [1.29, 1.82) is 0 Å². The maximum absolute atomic E-state index is 11.2. The normalized spacial score (nSPS) is 15.4. The molecule has 1 amide bonds. The fourth-order valence-corrected chi connectivity index (χ4v) is 1.95. The summed E-state index contributed by atoms with van der Waals surface area (Å²) in [5.41, 5.74) is 5.80. The van der Waals surface area contributed by atoms with Crippen LogP contribution >= 0.6 is 0 Å². The largest absolute Gasteiger partial charge is 0.366 e. The first-order chi connectivity index (χ1) is 8.22. The summed E-state index contributed by atoms with van der Waals surface area (Å²) < 4.78 is 0. The first-order valence-electron chi connectivity index (χ1n) is 5.95. The van der Waals surface area contributed by atoms with Crippen molar-refractivity contribution in [3.8, 4) is 0 Å². The number of rotatable bonds is 5. The third-order valence-corrected chi connectivity index (χ3v) is 2.99. The Morgan fingerprint density at radius 3 is 2.94 bits per heavy atom. The lowest BCUT2D eigenvalue weighted by atomic mass is 10.1. The van der Waals surface area contributed by atoms with Gasteiger partial charge in [-0.2, -0.15) is 0 Å². The van der Waals surface area contributed by atoms with Crippen molar-refractivity contribution in [2.45, 2.75) is 19.4 Å². The van der Waals surface area contributed by atoms with E-state index in [1.54, 1.807) is 18.3 Å². The minimum absolute atomic E-state index is 0.406. The van der Waals surface area contributed by atoms with E-state index in [0.29, 0.717) is 11.6 Å². The highest BCUT2D eigenvalue weighted by atomic mass is 16.1. The first kappa shape index (κ1) is 11.9. The molecule has 1 aromatic rings. The minimum Gasteiger partial charge on any atom is -0.366 e. The lowest BCUT2D eigenvalue weighted by Gasteiger charge is -2.39. The molecule has 1 aliphatic heterocycles. The van der Waals surface area contributed by atoms with E-state index < -0.39 is 5.91 Å². The summed E-state index contributed by atoms with van der Waals surface area (Å²) in [5, 5.41) is 3.25. The van der Waals surface area contributed by atoms with Crippen LogP contribution in [0.2, 0.25) is 0 Å². The first-order valence-corrected chi connectivity index (χ1v) is 5.95. The van der Waals surface area contributed by atoms with Crippen LogP contribution in [0.15, 0.2) is 18.3 Å². The quantitative estimate of drug-likeness (QED) is 0.772. The van der Waals surface area contributed by atoms with Crippen molar-refractivity contribution in [2.24, 2.45) is 5.73 Å². The molecule has 3 N–H and O–H groups in total. The van der Waals surface area contributed by atoms with E-state index in [1.165, 1.54) is 0 Å². The predicted molar refractivity (Wildman–Crippen MR) is 67.0 cm³/mol. The summed E-state index contributed by atoms with van der Waals surface area (Å²) in [4.78, 5) is 17.7. The maximum Gasteiger partial charge on any atom is 0.248 e. The third-order valence-electron chi connectivity index (χ3n) is 2.99. The Kier molecular flexibility index (Phi) is 3.58. The second-order valence-corrected chi connectivity index (χ2v) is 4.27. The van der Waals surface area contributed by atoms with Gasteiger partial charge in [0, 0.05) is 31.4 Å². The monoisotopic (exact) mass is 234 g/mol. The van der Waals surface area contributed by atoms with E-state index in [0.717, 1.165) is 31.9 Å². The van der Waals surface area contributed by atoms with E-state index in [4.69, 9.17) is 5.73 Å². The number of primary amides is 1. The zero-order chi connectivity index (χ0) is 12.3. The molecule has 2 heterocycles. The lowest BCUT2D eigenvalue weighted by Crippen LogP contribution is -2.57. The molecule has 1 fully saturated rings. The molecule has 0 unspecified atom stereocenters. The minimum atomic E-state index is -0.406. The molecule has 5 heteroatoms. The molecule has 0 radical (unpaired) electrons. The van der Waals surface area contributed by atoms with Crippen LogP contribution < -0.4 is 16.0 Å². The van der Waals surface area contributed by atoms with Crippen molar-refractivity contribution in [3.63, 3.8) is 0 Å². The molecule has 0 aliphatic carbocycles. The summed E-state index contributed by atoms with van der Waals surface area (Å²) >= 11 is 0. The van der Waals surface area contributed by atoms with E-state index in [2.05, 4.69) is 22.1 Å². The molecule has 92 valence electrons. The van der Waals surface area contributed by atoms with Gasteiger partial charge in [0.05, 0.1) is 6.04 Å². The van der Waals surface area contributed by atoms with Crippen LogP contribution in [0.3, 0.4) is 0 Å². The molecule has 1 aromatic heterocycles. The number of nitrogens with zero attached hydrogens (tertiary/aromatic N) is 2. The standard InChI is InChI=1S/C12H18N4O/c1-2-5-16(10-7-14-8-10)11-6-9(12(13)17)3-4-15-11/h3-4,6,10,14H,2,5,7-8H2,1H3,(H2,13,17). The number of hydrogen-bond donors (Lipinski definition) is 2. The molecule has 1 saturated heterocycles. The van der Waals surface area contributed by atoms with Crippen molar-refractivity contribution in [2.75, 3.05) is 24.5 Å². The highest BCUT2D eigenvalue weighted by Gasteiger charge is 2.25. The number of carbonyl (C=O) groups is 1. The Morgan fingerprint density at radius 2 is 2.41 bits per heavy atom. The highest BCUT2D eigenvalue weighted by Crippen LogP contribution is 2.18. The maximum atomic E-state index is 11.2. The second-order valence-electron chi connectivity index (χ2n) is 4.27. The van der Waals surface area contributed by atoms with Crippen LogP contribution in [0.25, 0.3) is 0 Å². The van der Waals surface area contributed by atoms with Crippen LogP contribution in [0.4, 0.5) is 5.82 Å². The van der Waals surface area contributed by atoms with Crippen LogP contribution in [0.1, 0.15) is 23.7 Å². The lowest BCUT2D eigenvalue weighted by molar-refractivity contribution is 0.1000. The Bertz CT molecular complexity index is 403. The molecule has 5 nitrogen and oxygen atoms in total. The summed E-state index contributed by atoms with van der Waals surface area (Å²) in [5.74, 6) is 0.437. The molecule has 1 aliphatic rings. The van der Waals surface area contributed by atoms with E-state index in [9.17, 15) is 4.79 Å². The number of aromatic nitrogens is 1. The number of hydrogen-bond acceptors (Lipinski definition) is 4. The molecule has 0 saturated carbocycles. The van der Waals surface area contributed by atoms with Gasteiger partial charge < -0.3 is 16.0 Å². The van der Waals surface area contributed by atoms with Crippen molar-refractivity contribution in [1.82, 2.24) is 10.3 Å². The number of carbonyl (C=O) groups excluding carboxylic acids is 1. The Morgan fingerprint density at radius 1 is 1.65 bits per heavy atom. The molecule has 0 spiro atoms. The Balaban J connectivity index is 2.22. The van der Waals surface area contributed by atoms with Gasteiger partial charge in [-0.25, -0.2) is 4.98 Å². The second kappa shape index (κ2) is 5.14. The number of pyridine rings is 1. The van der Waals surface area contributed by atoms with Gasteiger partial charge in [0.25, 0.3) is 0 Å². The Hall–Kier alpha value is -1.62. The van der Waals surface area contributed by atoms with Crippen LogP contribution in [-0.2, 0) is 0 Å². The van der Waals surface area contributed by atoms with E-state index in [1.807, 2.05) is 0 Å². The topological polar surface area (TPSA) is 71.2 Å². The van der Waals surface area contributed by atoms with Gasteiger partial charge in [-0.1, -0.05) is 6.92 Å². The molecule has 0 atom stereocenters. The van der Waals surface area contributed by atoms with Gasteiger partial charge in [0.2, 0.25) is 5.91 Å². The van der Waals surface area contributed by atoms with E-state index >= 15 is 0 Å². The number of amides is 1. The smallest absolute Gasteiger partial charge is 0.248 e. The zero-order valence-corrected chi connectivity index (χ0v) is 10.0. The van der Waals surface area contributed by atoms with Gasteiger partial charge in [0.1, 0.15) is 5.82 Å². The number of nitrogens with one attached hydrogen (secondary N) is 1.